The van der Waals surface area contributed by atoms with Crippen molar-refractivity contribution in [3.63, 3.8) is 0 Å². The molecule has 0 spiro atoms. The summed E-state index contributed by atoms with van der Waals surface area (Å²) < 4.78 is 17.0. The van der Waals surface area contributed by atoms with Crippen LogP contribution < -0.4 is 14.8 Å². The van der Waals surface area contributed by atoms with Crippen molar-refractivity contribution < 1.29 is 18.7 Å². The number of ether oxygens (including phenoxy) is 2. The number of carbonyl (C=O) groups excluding carboxylic acids is 1. The first-order chi connectivity index (χ1) is 15.9. The van der Waals surface area contributed by atoms with Crippen LogP contribution in [0.2, 0.25) is 0 Å². The molecule has 0 bridgehead atoms. The molecule has 0 saturated carbocycles. The molecule has 0 aliphatic rings. The van der Waals surface area contributed by atoms with Crippen molar-refractivity contribution in [2.24, 2.45) is 0 Å². The van der Waals surface area contributed by atoms with Crippen molar-refractivity contribution in [3.05, 3.63) is 83.6 Å². The molecule has 1 N–H and O–H groups in total. The summed E-state index contributed by atoms with van der Waals surface area (Å²) in [6, 6.07) is 17.8. The first kappa shape index (κ1) is 22.2. The number of nitrogens with one attached hydrogen (secondary N) is 1. The second-order valence-corrected chi connectivity index (χ2v) is 7.99. The standard InChI is InChI=1S/C28H27NO4/c1-17-11-12-25(31-4)24(13-17)29-26(30)14-18(2)21-15-22-23(20-9-7-6-8-10-20)16-33-28(22)19(3)27(21)32-5/h6-16H,1-5H3,(H,29,30)/b18-14+. The van der Waals surface area contributed by atoms with Crippen LogP contribution >= 0.6 is 0 Å². The molecule has 0 atom stereocenters. The van der Waals surface area contributed by atoms with E-state index in [-0.39, 0.29) is 5.91 Å². The van der Waals surface area contributed by atoms with Crippen LogP contribution in [0.4, 0.5) is 5.69 Å². The van der Waals surface area contributed by atoms with Crippen molar-refractivity contribution in [3.8, 4) is 22.6 Å². The third-order valence-electron chi connectivity index (χ3n) is 5.72. The number of furan rings is 1. The van der Waals surface area contributed by atoms with Crippen LogP contribution in [-0.4, -0.2) is 20.1 Å². The Morgan fingerprint density at radius 3 is 2.45 bits per heavy atom. The fourth-order valence-electron chi connectivity index (χ4n) is 4.08. The molecule has 5 heteroatoms. The molecule has 1 amide bonds. The highest BCUT2D eigenvalue weighted by atomic mass is 16.5. The molecule has 168 valence electrons. The van der Waals surface area contributed by atoms with Crippen LogP contribution in [0.5, 0.6) is 11.5 Å². The average Bonchev–Trinajstić information content (AvgIpc) is 3.24. The Labute approximate surface area is 193 Å². The smallest absolute Gasteiger partial charge is 0.248 e. The van der Waals surface area contributed by atoms with Gasteiger partial charge in [-0.3, -0.25) is 4.79 Å². The molecule has 0 aliphatic heterocycles. The number of amides is 1. The van der Waals surface area contributed by atoms with Gasteiger partial charge in [-0.05, 0) is 55.7 Å². The van der Waals surface area contributed by atoms with Gasteiger partial charge in [-0.1, -0.05) is 36.4 Å². The number of anilines is 1. The van der Waals surface area contributed by atoms with E-state index in [0.717, 1.165) is 44.4 Å². The number of benzene rings is 3. The summed E-state index contributed by atoms with van der Waals surface area (Å²) in [5.74, 6) is 1.05. The van der Waals surface area contributed by atoms with Gasteiger partial charge in [0.1, 0.15) is 17.1 Å². The van der Waals surface area contributed by atoms with Crippen LogP contribution in [0.3, 0.4) is 0 Å². The number of fused-ring (bicyclic) bond motifs is 1. The summed E-state index contributed by atoms with van der Waals surface area (Å²) in [5.41, 5.74) is 7.01. The van der Waals surface area contributed by atoms with E-state index in [1.165, 1.54) is 0 Å². The molecule has 33 heavy (non-hydrogen) atoms. The SMILES string of the molecule is COc1ccc(C)cc1NC(=O)/C=C(\C)c1cc2c(-c3ccccc3)coc2c(C)c1OC. The lowest BCUT2D eigenvalue weighted by atomic mass is 9.96. The van der Waals surface area contributed by atoms with Crippen LogP contribution in [0.25, 0.3) is 27.7 Å². The molecule has 0 aliphatic carbocycles. The van der Waals surface area contributed by atoms with Crippen molar-refractivity contribution in [1.82, 2.24) is 0 Å². The summed E-state index contributed by atoms with van der Waals surface area (Å²) in [4.78, 5) is 12.9. The molecule has 3 aromatic carbocycles. The van der Waals surface area contributed by atoms with Gasteiger partial charge in [-0.15, -0.1) is 0 Å². The highest BCUT2D eigenvalue weighted by Gasteiger charge is 2.19. The highest BCUT2D eigenvalue weighted by molar-refractivity contribution is 6.06. The minimum Gasteiger partial charge on any atom is -0.496 e. The number of aryl methyl sites for hydroxylation is 2. The number of allylic oxidation sites excluding steroid dienone is 1. The summed E-state index contributed by atoms with van der Waals surface area (Å²) in [5, 5.41) is 3.90. The van der Waals surface area contributed by atoms with Crippen molar-refractivity contribution >= 4 is 28.1 Å². The minimum absolute atomic E-state index is 0.244. The average molecular weight is 442 g/mol. The second-order valence-electron chi connectivity index (χ2n) is 7.99. The fourth-order valence-corrected chi connectivity index (χ4v) is 4.08. The van der Waals surface area contributed by atoms with Crippen LogP contribution in [0.1, 0.15) is 23.6 Å². The van der Waals surface area contributed by atoms with Crippen molar-refractivity contribution in [1.29, 1.82) is 0 Å². The van der Waals surface area contributed by atoms with Gasteiger partial charge in [0.15, 0.2) is 0 Å². The van der Waals surface area contributed by atoms with E-state index in [0.29, 0.717) is 17.2 Å². The highest BCUT2D eigenvalue weighted by Crippen LogP contribution is 2.40. The number of hydrogen-bond acceptors (Lipinski definition) is 4. The first-order valence-electron chi connectivity index (χ1n) is 10.7. The Morgan fingerprint density at radius 1 is 1.00 bits per heavy atom. The quantitative estimate of drug-likeness (QED) is 0.335. The zero-order valence-corrected chi connectivity index (χ0v) is 19.5. The van der Waals surface area contributed by atoms with E-state index < -0.39 is 0 Å². The molecule has 0 radical (unpaired) electrons. The molecule has 1 aromatic heterocycles. The van der Waals surface area contributed by atoms with E-state index in [9.17, 15) is 4.79 Å². The van der Waals surface area contributed by atoms with Gasteiger partial charge in [0.25, 0.3) is 0 Å². The summed E-state index contributed by atoms with van der Waals surface area (Å²) in [6.07, 6.45) is 3.35. The van der Waals surface area contributed by atoms with Gasteiger partial charge < -0.3 is 19.2 Å². The lowest BCUT2D eigenvalue weighted by molar-refractivity contribution is -0.111. The van der Waals surface area contributed by atoms with Gasteiger partial charge in [-0.25, -0.2) is 0 Å². The molecule has 0 fully saturated rings. The molecular weight excluding hydrogens is 414 g/mol. The number of carbonyl (C=O) groups is 1. The molecule has 0 saturated heterocycles. The Morgan fingerprint density at radius 2 is 1.76 bits per heavy atom. The van der Waals surface area contributed by atoms with Gasteiger partial charge in [-0.2, -0.15) is 0 Å². The zero-order valence-electron chi connectivity index (χ0n) is 19.5. The van der Waals surface area contributed by atoms with Crippen LogP contribution in [0.15, 0.2) is 71.4 Å². The van der Waals surface area contributed by atoms with Gasteiger partial charge >= 0.3 is 0 Å². The van der Waals surface area contributed by atoms with Gasteiger partial charge in [0, 0.05) is 28.2 Å². The van der Waals surface area contributed by atoms with E-state index in [4.69, 9.17) is 13.9 Å². The van der Waals surface area contributed by atoms with E-state index in [1.54, 1.807) is 26.6 Å². The monoisotopic (exact) mass is 441 g/mol. The number of hydrogen-bond donors (Lipinski definition) is 1. The van der Waals surface area contributed by atoms with Gasteiger partial charge in [0.2, 0.25) is 5.91 Å². The molecule has 4 aromatic rings. The molecule has 4 rings (SSSR count). The fraction of sp³-hybridized carbons (Fsp3) is 0.179. The topological polar surface area (TPSA) is 60.7 Å². The first-order valence-corrected chi connectivity index (χ1v) is 10.7. The number of rotatable bonds is 6. The summed E-state index contributed by atoms with van der Waals surface area (Å²) in [6.45, 7) is 5.83. The number of methoxy groups -OCH3 is 2. The Kier molecular flexibility index (Phi) is 6.22. The maximum Gasteiger partial charge on any atom is 0.248 e. The maximum absolute atomic E-state index is 12.9. The second kappa shape index (κ2) is 9.25. The van der Waals surface area contributed by atoms with Gasteiger partial charge in [0.05, 0.1) is 26.2 Å². The lowest BCUT2D eigenvalue weighted by Crippen LogP contribution is -2.10. The third kappa shape index (κ3) is 4.35. The predicted molar refractivity (Wildman–Crippen MR) is 133 cm³/mol. The molecule has 1 heterocycles. The largest absolute Gasteiger partial charge is 0.496 e. The lowest BCUT2D eigenvalue weighted by Gasteiger charge is -2.14. The molecular formula is C28H27NO4. The van der Waals surface area contributed by atoms with E-state index in [1.807, 2.05) is 63.2 Å². The summed E-state index contributed by atoms with van der Waals surface area (Å²) in [7, 11) is 3.21. The Hall–Kier alpha value is -3.99. The van der Waals surface area contributed by atoms with Crippen molar-refractivity contribution in [2.45, 2.75) is 20.8 Å². The molecule has 0 unspecified atom stereocenters. The normalized spacial score (nSPS) is 11.5. The van der Waals surface area contributed by atoms with E-state index in [2.05, 4.69) is 17.4 Å². The van der Waals surface area contributed by atoms with E-state index >= 15 is 0 Å². The van der Waals surface area contributed by atoms with Crippen molar-refractivity contribution in [2.75, 3.05) is 19.5 Å². The van der Waals surface area contributed by atoms with Crippen LogP contribution in [0, 0.1) is 13.8 Å². The third-order valence-corrected chi connectivity index (χ3v) is 5.72. The molecule has 5 nitrogen and oxygen atoms in total. The minimum atomic E-state index is -0.244. The maximum atomic E-state index is 12.9. The Balaban J connectivity index is 1.75. The summed E-state index contributed by atoms with van der Waals surface area (Å²) >= 11 is 0. The predicted octanol–water partition coefficient (Wildman–Crippen LogP) is 6.78. The zero-order chi connectivity index (χ0) is 23.5. The van der Waals surface area contributed by atoms with Crippen LogP contribution in [-0.2, 0) is 4.79 Å². The Bertz CT molecular complexity index is 1350.